The maximum absolute atomic E-state index is 15.0. The number of benzene rings is 2. The summed E-state index contributed by atoms with van der Waals surface area (Å²) in [6.07, 6.45) is -0.211. The van der Waals surface area contributed by atoms with E-state index in [1.165, 1.54) is 12.3 Å². The Morgan fingerprint density at radius 2 is 1.82 bits per heavy atom. The molecule has 1 aromatic heterocycles. The van der Waals surface area contributed by atoms with Crippen molar-refractivity contribution in [1.82, 2.24) is 9.40 Å². The maximum Gasteiger partial charge on any atom is 0.271 e. The smallest absolute Gasteiger partial charge is 0.271 e. The zero-order valence-electron chi connectivity index (χ0n) is 17.7. The molecule has 0 aliphatic rings. The van der Waals surface area contributed by atoms with E-state index in [4.69, 9.17) is 33.4 Å². The Balaban J connectivity index is 1.87. The van der Waals surface area contributed by atoms with Crippen molar-refractivity contribution in [3.63, 3.8) is 0 Å². The van der Waals surface area contributed by atoms with Crippen LogP contribution in [0.15, 0.2) is 54.7 Å². The van der Waals surface area contributed by atoms with E-state index in [0.29, 0.717) is 22.5 Å². The second-order valence-corrected chi connectivity index (χ2v) is 7.54. The zero-order valence-corrected chi connectivity index (χ0v) is 18.4. The Morgan fingerprint density at radius 1 is 1.18 bits per heavy atom. The van der Waals surface area contributed by atoms with Crippen LogP contribution in [0.3, 0.4) is 0 Å². The summed E-state index contributed by atoms with van der Waals surface area (Å²) < 4.78 is 36.2. The molecule has 0 aliphatic heterocycles. The van der Waals surface area contributed by atoms with Gasteiger partial charge in [0, 0.05) is 29.5 Å². The van der Waals surface area contributed by atoms with Gasteiger partial charge in [0.2, 0.25) is 0 Å². The first-order chi connectivity index (χ1) is 15.7. The summed E-state index contributed by atoms with van der Waals surface area (Å²) >= 11 is 6.17. The molecule has 1 amide bonds. The van der Waals surface area contributed by atoms with Gasteiger partial charge in [-0.1, -0.05) is 24.3 Å². The average Bonchev–Trinajstić information content (AvgIpc) is 2.78. The number of anilines is 1. The zero-order chi connectivity index (χ0) is 24.1. The molecule has 0 saturated heterocycles. The summed E-state index contributed by atoms with van der Waals surface area (Å²) in [4.78, 5) is 17.0. The fourth-order valence-corrected chi connectivity index (χ4v) is 3.39. The minimum atomic E-state index is -1.59. The van der Waals surface area contributed by atoms with Crippen LogP contribution >= 0.6 is 11.8 Å². The number of hydrogen-bond acceptors (Lipinski definition) is 5. The predicted molar refractivity (Wildman–Crippen MR) is 122 cm³/mol. The highest BCUT2D eigenvalue weighted by molar-refractivity contribution is 6.21. The number of rotatable bonds is 8. The molecule has 1 heterocycles. The molecule has 0 radical (unpaired) electrons. The number of pyridine rings is 1. The van der Waals surface area contributed by atoms with Crippen LogP contribution in [-0.4, -0.2) is 27.8 Å². The van der Waals surface area contributed by atoms with E-state index in [-0.39, 0.29) is 24.6 Å². The lowest BCUT2D eigenvalue weighted by atomic mass is 10.0. The number of amides is 1. The van der Waals surface area contributed by atoms with Crippen LogP contribution in [-0.2, 0) is 16.1 Å². The summed E-state index contributed by atoms with van der Waals surface area (Å²) in [5, 5.41) is 7.42. The lowest BCUT2D eigenvalue weighted by Gasteiger charge is -2.23. The molecule has 1 atom stereocenters. The number of ether oxygens (including phenoxy) is 1. The van der Waals surface area contributed by atoms with Crippen molar-refractivity contribution in [1.29, 1.82) is 5.41 Å². The molecule has 2 aromatic carbocycles. The van der Waals surface area contributed by atoms with E-state index in [0.717, 1.165) is 16.6 Å². The van der Waals surface area contributed by atoms with Gasteiger partial charge in [-0.15, -0.1) is 0 Å². The van der Waals surface area contributed by atoms with Gasteiger partial charge in [0.1, 0.15) is 17.5 Å². The number of carbonyl (C=O) groups excluding carboxylic acids is 1. The van der Waals surface area contributed by atoms with Crippen molar-refractivity contribution in [2.75, 3.05) is 12.3 Å². The number of halogens is 3. The Hall–Kier alpha value is -3.56. The number of carbonyl (C=O) groups is 1. The average molecular weight is 474 g/mol. The molecule has 172 valence electrons. The maximum atomic E-state index is 15.0. The van der Waals surface area contributed by atoms with E-state index in [1.54, 1.807) is 37.3 Å². The first-order valence-corrected chi connectivity index (χ1v) is 10.3. The van der Waals surface area contributed by atoms with Crippen molar-refractivity contribution >= 4 is 29.2 Å². The molecule has 3 aromatic rings. The van der Waals surface area contributed by atoms with Crippen molar-refractivity contribution in [3.8, 4) is 11.3 Å². The van der Waals surface area contributed by atoms with Gasteiger partial charge in [0.15, 0.2) is 6.10 Å². The van der Waals surface area contributed by atoms with Gasteiger partial charge >= 0.3 is 0 Å². The van der Waals surface area contributed by atoms with Gasteiger partial charge in [-0.25, -0.2) is 13.2 Å². The number of nitrogens with zero attached hydrogens (tertiary/aromatic N) is 2. The number of aromatic nitrogens is 1. The normalized spacial score (nSPS) is 11.8. The third-order valence-corrected chi connectivity index (χ3v) is 5.09. The van der Waals surface area contributed by atoms with E-state index in [9.17, 15) is 4.79 Å². The van der Waals surface area contributed by atoms with E-state index in [1.807, 2.05) is 0 Å². The highest BCUT2D eigenvalue weighted by atomic mass is 35.5. The van der Waals surface area contributed by atoms with Gasteiger partial charge in [0.25, 0.3) is 5.91 Å². The van der Waals surface area contributed by atoms with Crippen LogP contribution in [0.4, 0.5) is 14.5 Å². The molecular formula is C23H22ClF2N5O2. The Morgan fingerprint density at radius 3 is 2.33 bits per heavy atom. The molecule has 3 rings (SSSR count). The van der Waals surface area contributed by atoms with Crippen molar-refractivity contribution in [3.05, 3.63) is 83.1 Å². The van der Waals surface area contributed by atoms with Crippen LogP contribution in [0.5, 0.6) is 0 Å². The van der Waals surface area contributed by atoms with E-state index < -0.39 is 29.2 Å². The molecular weight excluding hydrogens is 452 g/mol. The fourth-order valence-electron chi connectivity index (χ4n) is 3.16. The van der Waals surface area contributed by atoms with Crippen LogP contribution in [0.1, 0.15) is 29.7 Å². The SMILES string of the molecule is CCOC(C(=O)N(Cl)Cc1ccc(C(=N)N)cc1)c1c(F)cc(-c2ccc(N)cn2)cc1F. The van der Waals surface area contributed by atoms with Crippen LogP contribution in [0, 0.1) is 17.0 Å². The second kappa shape index (κ2) is 10.4. The molecule has 10 heteroatoms. The third-order valence-electron chi connectivity index (χ3n) is 4.81. The van der Waals surface area contributed by atoms with E-state index in [2.05, 4.69) is 4.98 Å². The van der Waals surface area contributed by atoms with Crippen LogP contribution in [0.2, 0.25) is 0 Å². The quantitative estimate of drug-likeness (QED) is 0.258. The highest BCUT2D eigenvalue weighted by Gasteiger charge is 2.32. The number of nitrogens with two attached hydrogens (primary N) is 2. The molecule has 33 heavy (non-hydrogen) atoms. The van der Waals surface area contributed by atoms with Gasteiger partial charge in [-0.2, -0.15) is 0 Å². The molecule has 1 unspecified atom stereocenters. The minimum Gasteiger partial charge on any atom is -0.397 e. The molecule has 0 aliphatic carbocycles. The summed E-state index contributed by atoms with van der Waals surface area (Å²) in [5.74, 6) is -2.86. The molecule has 0 saturated carbocycles. The Labute approximate surface area is 194 Å². The van der Waals surface area contributed by atoms with Gasteiger partial charge in [-0.05, 0) is 36.8 Å². The molecule has 7 nitrogen and oxygen atoms in total. The van der Waals surface area contributed by atoms with Gasteiger partial charge < -0.3 is 16.2 Å². The van der Waals surface area contributed by atoms with Crippen molar-refractivity contribution in [2.24, 2.45) is 5.73 Å². The number of amidine groups is 1. The third kappa shape index (κ3) is 5.63. The summed E-state index contributed by atoms with van der Waals surface area (Å²) in [6.45, 7) is 1.56. The monoisotopic (exact) mass is 473 g/mol. The first kappa shape index (κ1) is 24.1. The van der Waals surface area contributed by atoms with Crippen LogP contribution < -0.4 is 11.5 Å². The lowest BCUT2D eigenvalue weighted by Crippen LogP contribution is -2.30. The minimum absolute atomic E-state index is 0.0224. The standard InChI is InChI=1S/C23H22ClF2N5O2/c1-2-33-21(23(32)31(24)12-13-3-5-14(6-4-13)22(28)29)20-17(25)9-15(10-18(20)26)19-8-7-16(27)11-30-19/h3-11,21H,2,12,27H2,1H3,(H3,28,29). The van der Waals surface area contributed by atoms with Gasteiger partial charge in [0.05, 0.1) is 29.7 Å². The molecule has 0 fully saturated rings. The first-order valence-electron chi connectivity index (χ1n) is 9.94. The number of nitrogen functional groups attached to an aromatic ring is 2. The highest BCUT2D eigenvalue weighted by Crippen LogP contribution is 2.31. The largest absolute Gasteiger partial charge is 0.397 e. The molecule has 0 bridgehead atoms. The predicted octanol–water partition coefficient (Wildman–Crippen LogP) is 4.15. The van der Waals surface area contributed by atoms with Gasteiger partial charge in [-0.3, -0.25) is 15.2 Å². The van der Waals surface area contributed by atoms with Crippen molar-refractivity contribution in [2.45, 2.75) is 19.6 Å². The topological polar surface area (TPSA) is 118 Å². The Bertz CT molecular complexity index is 1130. The van der Waals surface area contributed by atoms with E-state index >= 15 is 8.78 Å². The lowest BCUT2D eigenvalue weighted by molar-refractivity contribution is -0.139. The number of nitrogens with one attached hydrogen (secondary N) is 1. The fraction of sp³-hybridized carbons (Fsp3) is 0.174. The number of hydrogen-bond donors (Lipinski definition) is 3. The second-order valence-electron chi connectivity index (χ2n) is 7.13. The van der Waals surface area contributed by atoms with Crippen molar-refractivity contribution < 1.29 is 18.3 Å². The summed E-state index contributed by atoms with van der Waals surface area (Å²) in [6, 6.07) is 11.8. The summed E-state index contributed by atoms with van der Waals surface area (Å²) in [7, 11) is 0. The summed E-state index contributed by atoms with van der Waals surface area (Å²) in [5.41, 5.74) is 12.5. The Kier molecular flexibility index (Phi) is 7.57. The van der Waals surface area contributed by atoms with Crippen LogP contribution in [0.25, 0.3) is 11.3 Å². The molecule has 5 N–H and O–H groups in total. The molecule has 0 spiro atoms.